The molecule has 12 heteroatoms. The molecule has 2 unspecified atom stereocenters. The number of halogens is 1. The number of nitrogens with one attached hydrogen (secondary N) is 1. The van der Waals surface area contributed by atoms with Gasteiger partial charge in [-0.25, -0.2) is 14.2 Å². The molecule has 0 radical (unpaired) electrons. The smallest absolute Gasteiger partial charge is 0.407 e. The normalized spacial score (nSPS) is 17.9. The van der Waals surface area contributed by atoms with Crippen LogP contribution in [0.2, 0.25) is 0 Å². The summed E-state index contributed by atoms with van der Waals surface area (Å²) < 4.78 is 21.3. The van der Waals surface area contributed by atoms with Crippen LogP contribution in [-0.2, 0) is 0 Å². The molecule has 1 saturated heterocycles. The lowest BCUT2D eigenvalue weighted by Crippen LogP contribution is -2.58. The SMILES string of the molecule is COc1cc2c(N3CC(C)N(C(=O)O)C(C)C3)ccc(C(=O)Nc3cc(F)c4nc(C)cn4c3)c2nn1. The number of carbonyl (C=O) groups is 2. The third-order valence-electron chi connectivity index (χ3n) is 6.53. The van der Waals surface area contributed by atoms with E-state index in [0.717, 1.165) is 5.69 Å². The maximum Gasteiger partial charge on any atom is 0.407 e. The van der Waals surface area contributed by atoms with Crippen molar-refractivity contribution in [3.8, 4) is 5.88 Å². The summed E-state index contributed by atoms with van der Waals surface area (Å²) >= 11 is 0. The van der Waals surface area contributed by atoms with Gasteiger partial charge in [0.25, 0.3) is 5.91 Å². The summed E-state index contributed by atoms with van der Waals surface area (Å²) in [4.78, 5) is 32.6. The lowest BCUT2D eigenvalue weighted by molar-refractivity contribution is 0.0980. The molecular weight excluding hydrogens is 481 g/mol. The molecule has 1 aliphatic heterocycles. The summed E-state index contributed by atoms with van der Waals surface area (Å²) in [6, 6.07) is 5.88. The fourth-order valence-electron chi connectivity index (χ4n) is 5.00. The molecule has 2 atom stereocenters. The monoisotopic (exact) mass is 507 g/mol. The van der Waals surface area contributed by atoms with Gasteiger partial charge in [-0.05, 0) is 32.9 Å². The maximum absolute atomic E-state index is 14.5. The van der Waals surface area contributed by atoms with Crippen molar-refractivity contribution >= 4 is 39.9 Å². The Bertz CT molecular complexity index is 1530. The molecule has 5 rings (SSSR count). The first-order chi connectivity index (χ1) is 17.7. The van der Waals surface area contributed by atoms with Crippen molar-refractivity contribution < 1.29 is 23.8 Å². The molecule has 37 heavy (non-hydrogen) atoms. The van der Waals surface area contributed by atoms with E-state index in [1.807, 2.05) is 13.8 Å². The Morgan fingerprint density at radius 2 is 1.86 bits per heavy atom. The molecular formula is C25H26FN7O4. The first kappa shape index (κ1) is 24.2. The number of methoxy groups -OCH3 is 1. The van der Waals surface area contributed by atoms with Crippen LogP contribution in [0.3, 0.4) is 0 Å². The van der Waals surface area contributed by atoms with Gasteiger partial charge in [0.15, 0.2) is 11.5 Å². The number of benzene rings is 1. The highest BCUT2D eigenvalue weighted by atomic mass is 19.1. The van der Waals surface area contributed by atoms with E-state index in [-0.39, 0.29) is 34.9 Å². The molecule has 192 valence electrons. The van der Waals surface area contributed by atoms with Crippen molar-refractivity contribution in [2.45, 2.75) is 32.9 Å². The highest BCUT2D eigenvalue weighted by Gasteiger charge is 2.33. The molecule has 1 aromatic carbocycles. The lowest BCUT2D eigenvalue weighted by atomic mass is 10.0. The number of nitrogens with zero attached hydrogens (tertiary/aromatic N) is 6. The Hall–Kier alpha value is -4.48. The number of imidazole rings is 1. The fourth-order valence-corrected chi connectivity index (χ4v) is 5.00. The van der Waals surface area contributed by atoms with Crippen LogP contribution in [0.4, 0.5) is 20.6 Å². The van der Waals surface area contributed by atoms with Crippen molar-refractivity contribution in [3.63, 3.8) is 0 Å². The van der Waals surface area contributed by atoms with Crippen molar-refractivity contribution in [2.24, 2.45) is 0 Å². The van der Waals surface area contributed by atoms with Crippen LogP contribution >= 0.6 is 0 Å². The van der Waals surface area contributed by atoms with Crippen LogP contribution in [-0.4, -0.2) is 73.9 Å². The van der Waals surface area contributed by atoms with E-state index in [9.17, 15) is 19.1 Å². The first-order valence-electron chi connectivity index (χ1n) is 11.7. The minimum Gasteiger partial charge on any atom is -0.480 e. The number of hydrogen-bond donors (Lipinski definition) is 2. The number of anilines is 2. The zero-order valence-electron chi connectivity index (χ0n) is 20.8. The molecule has 1 aliphatic rings. The standard InChI is InChI=1S/C25H26FN7O4/c1-13-9-32-12-16(7-19(26)23(32)27-13)28-24(34)17-5-6-20(18-8-21(37-4)29-30-22(17)18)31-10-14(2)33(25(35)36)15(3)11-31/h5-9,12,14-15H,10-11H2,1-4H3,(H,28,34)(H,35,36). The quantitative estimate of drug-likeness (QED) is 0.430. The second kappa shape index (κ2) is 9.19. The second-order valence-corrected chi connectivity index (χ2v) is 9.22. The summed E-state index contributed by atoms with van der Waals surface area (Å²) in [6.07, 6.45) is 2.30. The van der Waals surface area contributed by atoms with Gasteiger partial charge < -0.3 is 24.5 Å². The van der Waals surface area contributed by atoms with Gasteiger partial charge in [-0.3, -0.25) is 9.69 Å². The third kappa shape index (κ3) is 4.34. The van der Waals surface area contributed by atoms with Crippen LogP contribution in [0.15, 0.2) is 36.7 Å². The van der Waals surface area contributed by atoms with E-state index < -0.39 is 17.8 Å². The number of amides is 2. The molecule has 0 aliphatic carbocycles. The summed E-state index contributed by atoms with van der Waals surface area (Å²) in [5, 5.41) is 21.3. The number of piperazine rings is 1. The van der Waals surface area contributed by atoms with Crippen LogP contribution < -0.4 is 15.0 Å². The van der Waals surface area contributed by atoms with E-state index in [1.165, 1.54) is 22.5 Å². The summed E-state index contributed by atoms with van der Waals surface area (Å²) in [7, 11) is 1.48. The molecule has 0 saturated carbocycles. The number of rotatable bonds is 4. The third-order valence-corrected chi connectivity index (χ3v) is 6.53. The Morgan fingerprint density at radius 1 is 1.14 bits per heavy atom. The van der Waals surface area contributed by atoms with E-state index in [4.69, 9.17) is 4.74 Å². The van der Waals surface area contributed by atoms with E-state index in [0.29, 0.717) is 29.7 Å². The Labute approximate surface area is 211 Å². The zero-order valence-corrected chi connectivity index (χ0v) is 20.8. The number of carboxylic acid groups (broad SMARTS) is 1. The van der Waals surface area contributed by atoms with Gasteiger partial charge in [0.05, 0.1) is 36.1 Å². The minimum atomic E-state index is -0.954. The number of pyridine rings is 1. The summed E-state index contributed by atoms with van der Waals surface area (Å²) in [5.41, 5.74) is 2.47. The highest BCUT2D eigenvalue weighted by Crippen LogP contribution is 2.33. The Morgan fingerprint density at radius 3 is 2.54 bits per heavy atom. The number of aromatic nitrogens is 4. The Balaban J connectivity index is 1.52. The van der Waals surface area contributed by atoms with E-state index >= 15 is 0 Å². The number of carbonyl (C=O) groups excluding carboxylic acids is 1. The largest absolute Gasteiger partial charge is 0.480 e. The highest BCUT2D eigenvalue weighted by molar-refractivity contribution is 6.14. The van der Waals surface area contributed by atoms with Gasteiger partial charge in [-0.2, -0.15) is 0 Å². The number of ether oxygens (including phenoxy) is 1. The fraction of sp³-hybridized carbons (Fsp3) is 0.320. The molecule has 4 aromatic rings. The van der Waals surface area contributed by atoms with E-state index in [1.54, 1.807) is 37.5 Å². The zero-order chi connectivity index (χ0) is 26.4. The second-order valence-electron chi connectivity index (χ2n) is 9.22. The summed E-state index contributed by atoms with van der Waals surface area (Å²) in [6.45, 7) is 6.41. The molecule has 3 aromatic heterocycles. The number of hydrogen-bond acceptors (Lipinski definition) is 7. The molecule has 2 amide bonds. The molecule has 2 N–H and O–H groups in total. The predicted molar refractivity (Wildman–Crippen MR) is 135 cm³/mol. The molecule has 4 heterocycles. The molecule has 11 nitrogen and oxygen atoms in total. The number of fused-ring (bicyclic) bond motifs is 2. The van der Waals surface area contributed by atoms with Gasteiger partial charge in [0.1, 0.15) is 5.52 Å². The van der Waals surface area contributed by atoms with Crippen molar-refractivity contribution in [3.05, 3.63) is 53.7 Å². The molecule has 1 fully saturated rings. The Kier molecular flexibility index (Phi) is 6.02. The predicted octanol–water partition coefficient (Wildman–Crippen LogP) is 3.56. The van der Waals surface area contributed by atoms with Gasteiger partial charge in [-0.15, -0.1) is 10.2 Å². The van der Waals surface area contributed by atoms with Crippen LogP contribution in [0, 0.1) is 12.7 Å². The van der Waals surface area contributed by atoms with Crippen LogP contribution in [0.1, 0.15) is 29.9 Å². The summed E-state index contributed by atoms with van der Waals surface area (Å²) in [5.74, 6) is -0.761. The average Bonchev–Trinajstić information content (AvgIpc) is 3.22. The van der Waals surface area contributed by atoms with Crippen molar-refractivity contribution in [1.29, 1.82) is 0 Å². The van der Waals surface area contributed by atoms with Gasteiger partial charge in [0, 0.05) is 48.7 Å². The topological polar surface area (TPSA) is 125 Å². The minimum absolute atomic E-state index is 0.176. The van der Waals surface area contributed by atoms with E-state index in [2.05, 4.69) is 25.4 Å². The molecule has 0 bridgehead atoms. The van der Waals surface area contributed by atoms with Crippen LogP contribution in [0.5, 0.6) is 5.88 Å². The first-order valence-corrected chi connectivity index (χ1v) is 11.7. The van der Waals surface area contributed by atoms with Gasteiger partial charge in [-0.1, -0.05) is 0 Å². The van der Waals surface area contributed by atoms with Crippen molar-refractivity contribution in [2.75, 3.05) is 30.4 Å². The van der Waals surface area contributed by atoms with Crippen LogP contribution in [0.25, 0.3) is 16.6 Å². The molecule has 0 spiro atoms. The van der Waals surface area contributed by atoms with Gasteiger partial charge >= 0.3 is 6.09 Å². The lowest BCUT2D eigenvalue weighted by Gasteiger charge is -2.44. The van der Waals surface area contributed by atoms with Crippen molar-refractivity contribution in [1.82, 2.24) is 24.5 Å². The average molecular weight is 508 g/mol. The van der Waals surface area contributed by atoms with Gasteiger partial charge in [0.2, 0.25) is 5.88 Å². The maximum atomic E-state index is 14.5. The number of aryl methyl sites for hydroxylation is 1.